The molecule has 0 spiro atoms. The number of aryl methyl sites for hydroxylation is 1. The lowest BCUT2D eigenvalue weighted by atomic mass is 9.86. The monoisotopic (exact) mass is 1170 g/mol. The van der Waals surface area contributed by atoms with Crippen LogP contribution in [-0.2, 0) is 75.7 Å². The highest BCUT2D eigenvalue weighted by Crippen LogP contribution is 2.30. The van der Waals surface area contributed by atoms with Crippen molar-refractivity contribution in [3.63, 3.8) is 0 Å². The first-order chi connectivity index (χ1) is 37.4. The molecule has 0 aliphatic heterocycles. The van der Waals surface area contributed by atoms with Crippen molar-refractivity contribution in [1.29, 1.82) is 0 Å². The molecule has 30 heteroatoms. The van der Waals surface area contributed by atoms with E-state index in [0.29, 0.717) is 58.1 Å². The number of hydrogen-bond donors (Lipinski definition) is 8. The van der Waals surface area contributed by atoms with E-state index in [1.807, 2.05) is 64.6 Å². The SMILES string of the molecule is CC(C)(CCCCOc1cc(-c2ccccc2)cc(-c2ccccc2)n1)c1nnnn1CCCCC(=O)NCCCOCCOCCOCCCNC(=O)C(CS(=O)(=O)O)NC(=O)C(CS(=O)(=O)O)NC(=O)C(N)CS(=O)(=O)O. The summed E-state index contributed by atoms with van der Waals surface area (Å²) in [5, 5.41) is 21.3. The molecule has 0 saturated heterocycles. The van der Waals surface area contributed by atoms with Gasteiger partial charge in [-0.1, -0.05) is 74.5 Å². The zero-order chi connectivity index (χ0) is 57.9. The van der Waals surface area contributed by atoms with E-state index in [0.717, 1.165) is 53.9 Å². The van der Waals surface area contributed by atoms with Gasteiger partial charge in [0.15, 0.2) is 5.82 Å². The summed E-state index contributed by atoms with van der Waals surface area (Å²) in [5.74, 6) is -7.07. The van der Waals surface area contributed by atoms with Gasteiger partial charge in [-0.25, -0.2) is 9.67 Å². The van der Waals surface area contributed by atoms with E-state index in [4.69, 9.17) is 34.2 Å². The fourth-order valence-corrected chi connectivity index (χ4v) is 9.58. The highest BCUT2D eigenvalue weighted by Gasteiger charge is 2.34. The quantitative estimate of drug-likeness (QED) is 0.0229. The third-order valence-electron chi connectivity index (χ3n) is 11.6. The third kappa shape index (κ3) is 26.6. The summed E-state index contributed by atoms with van der Waals surface area (Å²) in [6.07, 6.45) is 5.08. The molecule has 0 fully saturated rings. The standard InChI is InChI=1S/C49H72N10O17S3/c1-49(2,20-10-12-26-76-44-32-38(36-15-5-3-6-16-36)31-40(53-44)37-17-7-4-8-18-37)48-56-57-58-59(48)23-11-9-19-43(60)51-21-13-24-73-27-29-75-30-28-74-25-14-22-52-46(62)41(34-78(67,68)69)55-47(63)42(35-79(70,71)72)54-45(61)39(50)33-77(64,65)66/h3-8,15-18,31-32,39,41-42H,9-14,19-30,33-35,50H2,1-2H3,(H,51,60)(H,52,62)(H,54,61)(H,55,63)(H,64,65,66)(H,67,68,69)(H,70,71,72). The number of benzene rings is 2. The third-order valence-corrected chi connectivity index (χ3v) is 13.9. The Bertz CT molecular complexity index is 2830. The van der Waals surface area contributed by atoms with Gasteiger partial charge in [-0.15, -0.1) is 5.10 Å². The normalized spacial score (nSPS) is 13.2. The molecule has 2 aromatic heterocycles. The summed E-state index contributed by atoms with van der Waals surface area (Å²) in [5.41, 5.74) is 9.05. The summed E-state index contributed by atoms with van der Waals surface area (Å²) in [4.78, 5) is 55.1. The van der Waals surface area contributed by atoms with Crippen molar-refractivity contribution in [2.24, 2.45) is 5.73 Å². The van der Waals surface area contributed by atoms with Gasteiger partial charge >= 0.3 is 0 Å². The van der Waals surface area contributed by atoms with Gasteiger partial charge in [0, 0.05) is 56.3 Å². The lowest BCUT2D eigenvalue weighted by Gasteiger charge is -2.23. The predicted molar refractivity (Wildman–Crippen MR) is 288 cm³/mol. The van der Waals surface area contributed by atoms with E-state index in [-0.39, 0.29) is 50.7 Å². The first kappa shape index (κ1) is 65.4. The Labute approximate surface area is 460 Å². The molecule has 27 nitrogen and oxygen atoms in total. The van der Waals surface area contributed by atoms with Gasteiger partial charge in [-0.3, -0.25) is 32.8 Å². The number of nitrogens with zero attached hydrogens (tertiary/aromatic N) is 5. The first-order valence-electron chi connectivity index (χ1n) is 25.4. The van der Waals surface area contributed by atoms with Crippen molar-refractivity contribution >= 4 is 54.0 Å². The smallest absolute Gasteiger partial charge is 0.267 e. The summed E-state index contributed by atoms with van der Waals surface area (Å²) >= 11 is 0. The van der Waals surface area contributed by atoms with Crippen molar-refractivity contribution in [1.82, 2.24) is 46.5 Å². The van der Waals surface area contributed by atoms with Crippen LogP contribution < -0.4 is 31.7 Å². The van der Waals surface area contributed by atoms with Gasteiger partial charge < -0.3 is 45.9 Å². The highest BCUT2D eigenvalue weighted by atomic mass is 32.2. The molecule has 0 aliphatic rings. The molecule has 0 radical (unpaired) electrons. The molecule has 9 N–H and O–H groups in total. The molecule has 0 saturated carbocycles. The number of aromatic nitrogens is 5. The number of rotatable bonds is 39. The van der Waals surface area contributed by atoms with E-state index >= 15 is 0 Å². The maximum atomic E-state index is 12.8. The maximum Gasteiger partial charge on any atom is 0.267 e. The number of carbonyl (C=O) groups excluding carboxylic acids is 4. The fourth-order valence-electron chi connectivity index (χ4n) is 7.66. The molecule has 4 amide bonds. The Kier molecular flexibility index (Phi) is 27.2. The van der Waals surface area contributed by atoms with Gasteiger partial charge in [0.05, 0.1) is 44.5 Å². The van der Waals surface area contributed by atoms with Crippen molar-refractivity contribution < 1.29 is 77.0 Å². The van der Waals surface area contributed by atoms with Crippen LogP contribution in [0.1, 0.15) is 71.0 Å². The predicted octanol–water partition coefficient (Wildman–Crippen LogP) is 1.12. The molecule has 0 aliphatic carbocycles. The molecule has 0 bridgehead atoms. The van der Waals surface area contributed by atoms with Gasteiger partial charge in [0.1, 0.15) is 29.6 Å². The zero-order valence-corrected chi connectivity index (χ0v) is 46.6. The van der Waals surface area contributed by atoms with Crippen molar-refractivity contribution in [3.05, 3.63) is 78.6 Å². The summed E-state index contributed by atoms with van der Waals surface area (Å²) in [7, 11) is -14.8. The Morgan fingerprint density at radius 3 is 1.76 bits per heavy atom. The van der Waals surface area contributed by atoms with Crippen LogP contribution in [0.3, 0.4) is 0 Å². The average molecular weight is 1170 g/mol. The molecule has 3 unspecified atom stereocenters. The lowest BCUT2D eigenvalue weighted by Crippen LogP contribution is -2.59. The molecule has 438 valence electrons. The number of unbranched alkanes of at least 4 members (excludes halogenated alkanes) is 2. The largest absolute Gasteiger partial charge is 0.478 e. The van der Waals surface area contributed by atoms with Crippen LogP contribution in [0.15, 0.2) is 72.8 Å². The van der Waals surface area contributed by atoms with Crippen molar-refractivity contribution in [3.8, 4) is 28.3 Å². The number of pyridine rings is 1. The second-order valence-corrected chi connectivity index (χ2v) is 23.3. The molecule has 79 heavy (non-hydrogen) atoms. The highest BCUT2D eigenvalue weighted by molar-refractivity contribution is 7.86. The van der Waals surface area contributed by atoms with Gasteiger partial charge in [-0.05, 0) is 72.6 Å². The van der Waals surface area contributed by atoms with Crippen LogP contribution in [0.4, 0.5) is 0 Å². The van der Waals surface area contributed by atoms with Crippen LogP contribution in [0, 0.1) is 0 Å². The molecule has 4 aromatic rings. The Hall–Kier alpha value is -6.09. The van der Waals surface area contributed by atoms with Crippen LogP contribution in [0.5, 0.6) is 5.88 Å². The van der Waals surface area contributed by atoms with Crippen molar-refractivity contribution in [2.45, 2.75) is 95.3 Å². The number of tetrazole rings is 1. The summed E-state index contributed by atoms with van der Waals surface area (Å²) in [6.45, 7) is 7.13. The van der Waals surface area contributed by atoms with Crippen molar-refractivity contribution in [2.75, 3.05) is 76.6 Å². The minimum absolute atomic E-state index is 0.0609. The van der Waals surface area contributed by atoms with Gasteiger partial charge in [0.25, 0.3) is 30.4 Å². The van der Waals surface area contributed by atoms with E-state index in [1.54, 1.807) is 5.32 Å². The van der Waals surface area contributed by atoms with Gasteiger partial charge in [0.2, 0.25) is 29.5 Å². The fraction of sp³-hybridized carbons (Fsp3) is 0.551. The second kappa shape index (κ2) is 32.9. The lowest BCUT2D eigenvalue weighted by molar-refractivity contribution is -0.131. The average Bonchev–Trinajstić information content (AvgIpc) is 3.89. The van der Waals surface area contributed by atoms with E-state index in [2.05, 4.69) is 58.2 Å². The number of nitrogens with one attached hydrogen (secondary N) is 4. The maximum absolute atomic E-state index is 12.8. The van der Waals surface area contributed by atoms with E-state index in [9.17, 15) is 53.5 Å². The molecule has 2 heterocycles. The Morgan fingerprint density at radius 2 is 1.16 bits per heavy atom. The zero-order valence-electron chi connectivity index (χ0n) is 44.1. The van der Waals surface area contributed by atoms with E-state index < -0.39 is 83.5 Å². The molecular weight excluding hydrogens is 1100 g/mol. The second-order valence-electron chi connectivity index (χ2n) is 18.8. The summed E-state index contributed by atoms with van der Waals surface area (Å²) < 4.78 is 120. The van der Waals surface area contributed by atoms with Crippen LogP contribution in [0.25, 0.3) is 22.4 Å². The van der Waals surface area contributed by atoms with Crippen LogP contribution in [-0.4, -0.2) is 182 Å². The molecule has 4 rings (SSSR count). The number of amides is 4. The van der Waals surface area contributed by atoms with Crippen LogP contribution >= 0.6 is 0 Å². The number of ether oxygens (including phenoxy) is 4. The minimum Gasteiger partial charge on any atom is -0.478 e. The topological polar surface area (TPSA) is 399 Å². The number of nitrogens with two attached hydrogens (primary N) is 1. The number of hydrogen-bond acceptors (Lipinski definition) is 19. The Morgan fingerprint density at radius 1 is 0.620 bits per heavy atom. The van der Waals surface area contributed by atoms with Gasteiger partial charge in [-0.2, -0.15) is 25.3 Å². The summed E-state index contributed by atoms with van der Waals surface area (Å²) in [6, 6.07) is 18.0. The van der Waals surface area contributed by atoms with Crippen LogP contribution in [0.2, 0.25) is 0 Å². The molecule has 3 atom stereocenters. The van der Waals surface area contributed by atoms with E-state index in [1.165, 1.54) is 0 Å². The molecular formula is C49H72N10O17S3. The number of carbonyl (C=O) groups is 4. The Balaban J connectivity index is 1.01. The minimum atomic E-state index is -5.03. The first-order valence-corrected chi connectivity index (χ1v) is 30.2. The molecule has 2 aromatic carbocycles.